The fraction of sp³-hybridized carbons (Fsp3) is 0.286. The van der Waals surface area contributed by atoms with Gasteiger partial charge in [-0.15, -0.1) is 23.5 Å². The number of hydrogen-bond acceptors (Lipinski definition) is 6. The molecule has 0 aromatic heterocycles. The van der Waals surface area contributed by atoms with Crippen LogP contribution in [0.4, 0.5) is 0 Å². The van der Waals surface area contributed by atoms with E-state index < -0.39 is 5.97 Å². The monoisotopic (exact) mass is 417 g/mol. The summed E-state index contributed by atoms with van der Waals surface area (Å²) in [6, 6.07) is 14.9. The highest BCUT2D eigenvalue weighted by atomic mass is 32.2. The van der Waals surface area contributed by atoms with Crippen LogP contribution in [0.25, 0.3) is 0 Å². The van der Waals surface area contributed by atoms with E-state index in [-0.39, 0.29) is 24.1 Å². The number of carbonyl (C=O) groups is 3. The molecule has 0 fully saturated rings. The maximum atomic E-state index is 12.4. The van der Waals surface area contributed by atoms with Crippen LogP contribution in [0, 0.1) is 0 Å². The lowest BCUT2D eigenvalue weighted by Crippen LogP contribution is -2.30. The second kappa shape index (κ2) is 10.9. The topological polar surface area (TPSA) is 63.7 Å². The van der Waals surface area contributed by atoms with Crippen LogP contribution in [0.15, 0.2) is 58.3 Å². The normalized spacial score (nSPS) is 10.4. The van der Waals surface area contributed by atoms with E-state index in [2.05, 4.69) is 0 Å². The van der Waals surface area contributed by atoms with Gasteiger partial charge < -0.3 is 9.64 Å². The Hall–Kier alpha value is -2.25. The maximum absolute atomic E-state index is 12.4. The lowest BCUT2D eigenvalue weighted by molar-refractivity contribution is -0.133. The number of Topliss-reactive ketones (excluding diaryl/α,β-unsaturated/α-hetero) is 1. The molecule has 0 heterocycles. The number of ketones is 1. The molecule has 2 aromatic rings. The van der Waals surface area contributed by atoms with Crippen molar-refractivity contribution in [3.63, 3.8) is 0 Å². The van der Waals surface area contributed by atoms with Crippen molar-refractivity contribution in [3.05, 3.63) is 59.7 Å². The van der Waals surface area contributed by atoms with Crippen molar-refractivity contribution in [2.24, 2.45) is 0 Å². The van der Waals surface area contributed by atoms with Crippen LogP contribution < -0.4 is 0 Å². The molecular weight excluding hydrogens is 394 g/mol. The molecule has 0 atom stereocenters. The molecule has 2 rings (SSSR count). The number of likely N-dealkylation sites (N-methyl/N-ethyl adjacent to an activating group) is 1. The average Bonchev–Trinajstić information content (AvgIpc) is 2.70. The summed E-state index contributed by atoms with van der Waals surface area (Å²) in [4.78, 5) is 39.2. The summed E-state index contributed by atoms with van der Waals surface area (Å²) in [7, 11) is 1.68. The third kappa shape index (κ3) is 6.73. The number of benzene rings is 2. The van der Waals surface area contributed by atoms with E-state index in [4.69, 9.17) is 4.74 Å². The zero-order valence-electron chi connectivity index (χ0n) is 16.1. The van der Waals surface area contributed by atoms with Crippen LogP contribution in [0.5, 0.6) is 0 Å². The summed E-state index contributed by atoms with van der Waals surface area (Å²) in [5.41, 5.74) is 1.36. The molecule has 1 amide bonds. The molecule has 0 aliphatic heterocycles. The third-order valence-electron chi connectivity index (χ3n) is 3.87. The first-order valence-corrected chi connectivity index (χ1v) is 10.9. The fourth-order valence-corrected chi connectivity index (χ4v) is 3.60. The van der Waals surface area contributed by atoms with Crippen molar-refractivity contribution >= 4 is 41.2 Å². The smallest absolute Gasteiger partial charge is 0.339 e. The first kappa shape index (κ1) is 22.0. The lowest BCUT2D eigenvalue weighted by atomic mass is 10.2. The van der Waals surface area contributed by atoms with Crippen molar-refractivity contribution in [2.45, 2.75) is 23.3 Å². The summed E-state index contributed by atoms with van der Waals surface area (Å²) >= 11 is 2.94. The highest BCUT2D eigenvalue weighted by Crippen LogP contribution is 2.23. The molecule has 0 spiro atoms. The number of ether oxygens (including phenoxy) is 1. The van der Waals surface area contributed by atoms with Crippen molar-refractivity contribution in [3.8, 4) is 0 Å². The van der Waals surface area contributed by atoms with Crippen LogP contribution in [0.2, 0.25) is 0 Å². The number of thioether (sulfide) groups is 2. The quantitative estimate of drug-likeness (QED) is 0.455. The van der Waals surface area contributed by atoms with E-state index >= 15 is 0 Å². The SMILES string of the molecule is CSc1ccc(CN(C)C(=O)COC(=O)c2ccccc2SCC(C)=O)cc1. The van der Waals surface area contributed by atoms with Gasteiger partial charge in [-0.1, -0.05) is 24.3 Å². The number of amides is 1. The van der Waals surface area contributed by atoms with Gasteiger partial charge in [0.2, 0.25) is 0 Å². The molecule has 0 bridgehead atoms. The minimum Gasteiger partial charge on any atom is -0.452 e. The first-order valence-electron chi connectivity index (χ1n) is 8.66. The van der Waals surface area contributed by atoms with E-state index in [1.54, 1.807) is 43.1 Å². The van der Waals surface area contributed by atoms with Crippen molar-refractivity contribution in [2.75, 3.05) is 25.7 Å². The zero-order chi connectivity index (χ0) is 20.5. The van der Waals surface area contributed by atoms with Gasteiger partial charge in [0.05, 0.1) is 11.3 Å². The highest BCUT2D eigenvalue weighted by molar-refractivity contribution is 8.00. The largest absolute Gasteiger partial charge is 0.452 e. The Labute approximate surface area is 173 Å². The molecule has 0 aliphatic carbocycles. The van der Waals surface area contributed by atoms with Crippen molar-refractivity contribution in [1.82, 2.24) is 4.90 Å². The number of rotatable bonds is 9. The van der Waals surface area contributed by atoms with Gasteiger partial charge in [-0.05, 0) is 43.0 Å². The number of carbonyl (C=O) groups excluding carboxylic acids is 3. The average molecular weight is 418 g/mol. The summed E-state index contributed by atoms with van der Waals surface area (Å²) in [6.07, 6.45) is 2.01. The minimum atomic E-state index is -0.572. The summed E-state index contributed by atoms with van der Waals surface area (Å²) in [5.74, 6) is -0.550. The van der Waals surface area contributed by atoms with Crippen LogP contribution in [-0.4, -0.2) is 48.2 Å². The summed E-state index contributed by atoms with van der Waals surface area (Å²) in [5, 5.41) is 0. The molecule has 28 heavy (non-hydrogen) atoms. The Kier molecular flexibility index (Phi) is 8.60. The molecule has 148 valence electrons. The van der Waals surface area contributed by atoms with Gasteiger partial charge in [0.1, 0.15) is 5.78 Å². The molecule has 0 unspecified atom stereocenters. The molecule has 0 radical (unpaired) electrons. The van der Waals surface area contributed by atoms with Crippen molar-refractivity contribution < 1.29 is 19.1 Å². The minimum absolute atomic E-state index is 0.0236. The van der Waals surface area contributed by atoms with E-state index in [0.29, 0.717) is 17.0 Å². The molecular formula is C21H23NO4S2. The summed E-state index contributed by atoms with van der Waals surface area (Å²) < 4.78 is 5.20. The first-order chi connectivity index (χ1) is 13.4. The van der Waals surface area contributed by atoms with Crippen LogP contribution in [-0.2, 0) is 20.9 Å². The van der Waals surface area contributed by atoms with Crippen LogP contribution >= 0.6 is 23.5 Å². The lowest BCUT2D eigenvalue weighted by Gasteiger charge is -2.17. The van der Waals surface area contributed by atoms with E-state index in [1.807, 2.05) is 30.5 Å². The zero-order valence-corrected chi connectivity index (χ0v) is 17.8. The van der Waals surface area contributed by atoms with E-state index in [9.17, 15) is 14.4 Å². The van der Waals surface area contributed by atoms with Crippen LogP contribution in [0.1, 0.15) is 22.8 Å². The van der Waals surface area contributed by atoms with Gasteiger partial charge in [-0.3, -0.25) is 9.59 Å². The molecule has 0 saturated carbocycles. The second-order valence-electron chi connectivity index (χ2n) is 6.16. The van der Waals surface area contributed by atoms with Crippen molar-refractivity contribution in [1.29, 1.82) is 0 Å². The van der Waals surface area contributed by atoms with Gasteiger partial charge in [-0.25, -0.2) is 4.79 Å². The standard InChI is InChI=1S/C21H23NO4S2/c1-15(23)14-28-19-7-5-4-6-18(19)21(25)26-13-20(24)22(2)12-16-8-10-17(27-3)11-9-16/h4-11H,12-14H2,1-3H3. The molecule has 5 nitrogen and oxygen atoms in total. The van der Waals surface area contributed by atoms with Gasteiger partial charge >= 0.3 is 5.97 Å². The van der Waals surface area contributed by atoms with E-state index in [0.717, 1.165) is 10.5 Å². The molecule has 7 heteroatoms. The Balaban J connectivity index is 1.91. The maximum Gasteiger partial charge on any atom is 0.339 e. The molecule has 0 N–H and O–H groups in total. The second-order valence-corrected chi connectivity index (χ2v) is 8.06. The Morgan fingerprint density at radius 2 is 1.71 bits per heavy atom. The summed E-state index contributed by atoms with van der Waals surface area (Å²) in [6.45, 7) is 1.61. The van der Waals surface area contributed by atoms with Gasteiger partial charge in [0.25, 0.3) is 5.91 Å². The number of esters is 1. The van der Waals surface area contributed by atoms with E-state index in [1.165, 1.54) is 23.6 Å². The Morgan fingerprint density at radius 1 is 1.04 bits per heavy atom. The Morgan fingerprint density at radius 3 is 2.36 bits per heavy atom. The number of hydrogen-bond donors (Lipinski definition) is 0. The van der Waals surface area contributed by atoms with Gasteiger partial charge in [0, 0.05) is 23.4 Å². The Bertz CT molecular complexity index is 837. The van der Waals surface area contributed by atoms with Gasteiger partial charge in [0.15, 0.2) is 6.61 Å². The number of nitrogens with zero attached hydrogens (tertiary/aromatic N) is 1. The van der Waals surface area contributed by atoms with Gasteiger partial charge in [-0.2, -0.15) is 0 Å². The molecule has 0 aliphatic rings. The predicted octanol–water partition coefficient (Wildman–Crippen LogP) is 3.91. The fourth-order valence-electron chi connectivity index (χ4n) is 2.35. The predicted molar refractivity (Wildman–Crippen MR) is 113 cm³/mol. The highest BCUT2D eigenvalue weighted by Gasteiger charge is 2.17. The third-order valence-corrected chi connectivity index (χ3v) is 5.83. The molecule has 0 saturated heterocycles. The molecule has 2 aromatic carbocycles. The van der Waals surface area contributed by atoms with Crippen LogP contribution in [0.3, 0.4) is 0 Å².